The largest absolute Gasteiger partial charge is 0.508 e. The Bertz CT molecular complexity index is 5840. The normalized spacial score (nSPS) is 18.5. The van der Waals surface area contributed by atoms with Crippen molar-refractivity contribution in [3.05, 3.63) is 155 Å². The molecular formula is C83H112N22O10S5. The van der Waals surface area contributed by atoms with Crippen LogP contribution in [-0.4, -0.2) is 245 Å². The van der Waals surface area contributed by atoms with E-state index in [1.807, 2.05) is 30.2 Å². The number of phenolic OH excluding ortho intramolecular Hbond substituents is 1. The molecule has 0 saturated carbocycles. The summed E-state index contributed by atoms with van der Waals surface area (Å²) >= 11 is 0. The first kappa shape index (κ1) is 89.7. The Morgan fingerprint density at radius 1 is 0.367 bits per heavy atom. The van der Waals surface area contributed by atoms with Gasteiger partial charge in [0.15, 0.2) is 0 Å². The van der Waals surface area contributed by atoms with Crippen LogP contribution in [0.4, 0.5) is 29.0 Å². The van der Waals surface area contributed by atoms with E-state index >= 15 is 0 Å². The van der Waals surface area contributed by atoms with Crippen LogP contribution >= 0.6 is 0 Å². The predicted molar refractivity (Wildman–Crippen MR) is 482 cm³/mol. The molecule has 6 aromatic heterocycles. The van der Waals surface area contributed by atoms with Crippen LogP contribution in [0.2, 0.25) is 0 Å². The molecule has 3 atom stereocenters. The van der Waals surface area contributed by atoms with Gasteiger partial charge >= 0.3 is 0 Å². The number of fused-ring (bicyclic) bond motifs is 5. The molecule has 0 radical (unpaired) electrons. The average Bonchev–Trinajstić information content (AvgIpc) is 1.17. The second-order valence-corrected chi connectivity index (χ2v) is 41.7. The van der Waals surface area contributed by atoms with Gasteiger partial charge in [0.2, 0.25) is 0 Å². The molecule has 5 aliphatic heterocycles. The first-order valence-electron chi connectivity index (χ1n) is 40.4. The minimum Gasteiger partial charge on any atom is -0.508 e. The van der Waals surface area contributed by atoms with Gasteiger partial charge in [-0.3, -0.25) is 10.1 Å². The molecule has 11 aromatic rings. The summed E-state index contributed by atoms with van der Waals surface area (Å²) in [6.07, 6.45) is 19.4. The molecule has 120 heavy (non-hydrogen) atoms. The van der Waals surface area contributed by atoms with E-state index in [-0.39, 0.29) is 16.2 Å². The molecule has 0 amide bonds. The molecule has 11 heterocycles. The summed E-state index contributed by atoms with van der Waals surface area (Å²) in [4.78, 5) is 50.8. The van der Waals surface area contributed by atoms with Crippen molar-refractivity contribution in [3.8, 4) is 17.0 Å². The van der Waals surface area contributed by atoms with Crippen LogP contribution in [-0.2, 0) is 50.0 Å². The Balaban J connectivity index is 0.000000138. The maximum atomic E-state index is 12.1. The number of aromatic amines is 1. The average molecular weight is 1740 g/mol. The number of nitrogens with zero attached hydrogens (tertiary/aromatic N) is 18. The van der Waals surface area contributed by atoms with Crippen molar-refractivity contribution in [1.29, 1.82) is 0 Å². The molecule has 644 valence electrons. The number of aromatic nitrogens is 11. The van der Waals surface area contributed by atoms with Crippen molar-refractivity contribution in [2.24, 2.45) is 15.4 Å². The van der Waals surface area contributed by atoms with Gasteiger partial charge in [-0.15, -0.1) is 0 Å². The Labute approximate surface area is 704 Å². The van der Waals surface area contributed by atoms with E-state index in [1.165, 1.54) is 60.8 Å². The molecule has 5 aromatic carbocycles. The van der Waals surface area contributed by atoms with Gasteiger partial charge in [0.25, 0.3) is 20.4 Å². The van der Waals surface area contributed by atoms with Gasteiger partial charge in [-0.05, 0) is 237 Å². The summed E-state index contributed by atoms with van der Waals surface area (Å²) in [5, 5.41) is 37.7. The third kappa shape index (κ3) is 21.8. The van der Waals surface area contributed by atoms with E-state index in [0.29, 0.717) is 90.2 Å². The number of aromatic hydroxyl groups is 1. The van der Waals surface area contributed by atoms with E-state index in [0.717, 1.165) is 184 Å². The number of nitrogens with one attached hydrogen (secondary N) is 1. The lowest BCUT2D eigenvalue weighted by Gasteiger charge is -2.26. The minimum atomic E-state index is -3.67. The molecule has 5 saturated heterocycles. The topological polar surface area (TPSA) is 423 Å². The van der Waals surface area contributed by atoms with Gasteiger partial charge in [0.05, 0.1) is 59.4 Å². The lowest BCUT2D eigenvalue weighted by atomic mass is 10.0. The molecule has 1 unspecified atom stereocenters. The lowest BCUT2D eigenvalue weighted by Crippen LogP contribution is -2.39. The summed E-state index contributed by atoms with van der Waals surface area (Å²) in [6, 6.07) is 22.4. The lowest BCUT2D eigenvalue weighted by molar-refractivity contribution is 0.433. The van der Waals surface area contributed by atoms with Crippen LogP contribution in [0.5, 0.6) is 5.75 Å². The summed E-state index contributed by atoms with van der Waals surface area (Å²) < 4.78 is 110. The van der Waals surface area contributed by atoms with Crippen molar-refractivity contribution in [2.45, 2.75) is 131 Å². The highest BCUT2D eigenvalue weighted by molar-refractivity contribution is 7.96. The summed E-state index contributed by atoms with van der Waals surface area (Å²) in [7, 11) is -15.9. The first-order valence-corrected chi connectivity index (χ1v) is 49.0. The fraction of sp³-hybridized carbons (Fsp3) is 0.458. The second kappa shape index (κ2) is 37.8. The monoisotopic (exact) mass is 1740 g/mol. The Kier molecular flexibility index (Phi) is 28.3. The van der Waals surface area contributed by atoms with Crippen LogP contribution < -0.4 is 39.9 Å². The van der Waals surface area contributed by atoms with Gasteiger partial charge < -0.3 is 29.6 Å². The fourth-order valence-electron chi connectivity index (χ4n) is 16.2. The first-order chi connectivity index (χ1) is 56.8. The molecule has 8 N–H and O–H groups in total. The van der Waals surface area contributed by atoms with Crippen molar-refractivity contribution in [2.75, 3.05) is 142 Å². The SMILES string of the molecule is C=S(N)(=O)N1CCCN(c2ncnc3cc(-c4ccn[nH]4)c(C)cc23)CC1.Cc1cc2c(N3CCCN(S(N)(=O)=O)CC3)ncnc2cc1O.Cc1cc2ncc(C)c(N3CCCN(S(N)(=O)=O)CC3)c2cc1C.Cc1cc2ncnc(N3CCC[C@@H](S(C)(=O)=O)CC3)c2cc1C.Cc1cc2ncnc(N3CCC[C@H](S(C)(=O)=O)CC3)c2cc1C. The van der Waals surface area contributed by atoms with E-state index in [1.54, 1.807) is 35.6 Å². The zero-order valence-electron chi connectivity index (χ0n) is 70.3. The quantitative estimate of drug-likeness (QED) is 0.0754. The van der Waals surface area contributed by atoms with E-state index in [2.05, 4.69) is 184 Å². The summed E-state index contributed by atoms with van der Waals surface area (Å²) in [6.45, 7) is 28.6. The number of hydrogen-bond acceptors (Lipinski definition) is 25. The van der Waals surface area contributed by atoms with Gasteiger partial charge in [-0.1, -0.05) is 0 Å². The zero-order chi connectivity index (χ0) is 86.3. The van der Waals surface area contributed by atoms with E-state index < -0.39 is 50.0 Å². The number of aryl methyl sites for hydroxylation is 9. The number of anilines is 5. The number of rotatable bonds is 11. The Hall–Kier alpha value is -9.54. The minimum absolute atomic E-state index is 0.193. The highest BCUT2D eigenvalue weighted by atomic mass is 32.2. The van der Waals surface area contributed by atoms with E-state index in [9.17, 15) is 43.0 Å². The molecule has 32 nitrogen and oxygen atoms in total. The molecule has 5 fully saturated rings. The van der Waals surface area contributed by atoms with Gasteiger partial charge in [0.1, 0.15) is 74.0 Å². The maximum absolute atomic E-state index is 12.1. The molecule has 5 aliphatic rings. The second-order valence-electron chi connectivity index (χ2n) is 32.0. The molecule has 37 heteroatoms. The maximum Gasteiger partial charge on any atom is 0.276 e. The van der Waals surface area contributed by atoms with Crippen molar-refractivity contribution in [3.63, 3.8) is 0 Å². The number of phenols is 1. The van der Waals surface area contributed by atoms with Crippen molar-refractivity contribution >= 4 is 139 Å². The number of benzene rings is 5. The molecule has 0 bridgehead atoms. The van der Waals surface area contributed by atoms with Gasteiger partial charge in [-0.2, -0.15) is 30.5 Å². The number of H-pyrrole nitrogens is 1. The van der Waals surface area contributed by atoms with Crippen molar-refractivity contribution < 1.29 is 43.0 Å². The highest BCUT2D eigenvalue weighted by Crippen LogP contribution is 2.37. The van der Waals surface area contributed by atoms with Crippen LogP contribution in [0.3, 0.4) is 0 Å². The highest BCUT2D eigenvalue weighted by Gasteiger charge is 2.31. The Morgan fingerprint density at radius 3 is 1.13 bits per heavy atom. The summed E-state index contributed by atoms with van der Waals surface area (Å²) in [5.41, 5.74) is 17.9. The molecule has 0 spiro atoms. The van der Waals surface area contributed by atoms with Crippen LogP contribution in [0.15, 0.2) is 104 Å². The predicted octanol–water partition coefficient (Wildman–Crippen LogP) is 8.88. The smallest absolute Gasteiger partial charge is 0.276 e. The third-order valence-corrected chi connectivity index (χ3v) is 30.2. The number of sulfone groups is 2. The fourth-order valence-corrected chi connectivity index (χ4v) is 20.7. The Morgan fingerprint density at radius 2 is 0.717 bits per heavy atom. The number of nitrogens with two attached hydrogens (primary N) is 3. The molecule has 0 aliphatic carbocycles. The third-order valence-electron chi connectivity index (χ3n) is 23.4. The number of hydrogen-bond donors (Lipinski definition) is 5. The molecular weight excluding hydrogens is 1630 g/mol. The van der Waals surface area contributed by atoms with Crippen LogP contribution in [0.1, 0.15) is 108 Å². The van der Waals surface area contributed by atoms with Gasteiger partial charge in [-0.25, -0.2) is 80.6 Å². The van der Waals surface area contributed by atoms with E-state index in [4.69, 9.17) is 15.4 Å². The number of pyridine rings is 1. The van der Waals surface area contributed by atoms with Crippen LogP contribution in [0, 0.1) is 62.3 Å². The van der Waals surface area contributed by atoms with Crippen LogP contribution in [0.25, 0.3) is 65.8 Å². The summed E-state index contributed by atoms with van der Waals surface area (Å²) in [5.74, 6) is 7.29. The molecule has 16 rings (SSSR count). The van der Waals surface area contributed by atoms with Crippen molar-refractivity contribution in [1.82, 2.24) is 68.0 Å². The van der Waals surface area contributed by atoms with Gasteiger partial charge in [0, 0.05) is 168 Å². The zero-order valence-corrected chi connectivity index (χ0v) is 74.4. The standard InChI is InChI=1S/C18H23N7OS.C17H24N4O2S.2C17H23N3O2S.C14H19N5O3S/c1-13-10-15-17(11-14(13)16-4-5-22-23-16)20-12-21-18(15)24-6-3-7-25(9-8-24)27(2,19)26;1-12-9-15-16(10-13(12)2)19-11-14(3)17(15)20-5-4-6-21(8-7-20)24(18,22)23;2*1-12-9-15-16(10-13(12)2)18-11-19-17(15)20-7-4-5-14(6-8-20)23(3,21)22;1-10-7-11-12(8-13(10)20)16-9-17-14(11)18-3-2-4-19(6-5-18)23(15,21)22/h4-5,10-12H,2-3,6-9H2,1H3,(H2,19,26)(H,22,23);9-11H,4-8H2,1-3H3,(H2,18,22,23);2*9-11,14H,4-8H2,1-3H3;7-9,20H,2-6H2,1H3,(H2,15,21,22)/t;;2*14-;/m..10./s1.